The van der Waals surface area contributed by atoms with E-state index in [9.17, 15) is 0 Å². The molecule has 0 radical (unpaired) electrons. The molecule has 0 saturated carbocycles. The van der Waals surface area contributed by atoms with Crippen LogP contribution >= 0.6 is 0 Å². The van der Waals surface area contributed by atoms with Gasteiger partial charge in [-0.15, -0.1) is 0 Å². The minimum absolute atomic E-state index is 1.17. The first-order valence-corrected chi connectivity index (χ1v) is 18.0. The van der Waals surface area contributed by atoms with Gasteiger partial charge in [0.1, 0.15) is 0 Å². The molecule has 0 saturated heterocycles. The summed E-state index contributed by atoms with van der Waals surface area (Å²) < 4.78 is 13.5. The molecule has 0 spiro atoms. The van der Waals surface area contributed by atoms with Gasteiger partial charge in [-0.25, -0.2) is 0 Å². The molecule has 0 N–H and O–H groups in total. The SMILES string of the molecule is CO[Si](OC)(c1c(C)cc2c(-c3cccc4ccccc34)ccccc1-2)c1c(C)cc2c(-c3cccc4ccccc34)ccccc1-2. The van der Waals surface area contributed by atoms with Gasteiger partial charge in [-0.3, -0.25) is 0 Å². The summed E-state index contributed by atoms with van der Waals surface area (Å²) in [5.74, 6) is 0. The highest BCUT2D eigenvalue weighted by Gasteiger charge is 2.48. The smallest absolute Gasteiger partial charge is 0.391 e. The zero-order valence-corrected chi connectivity index (χ0v) is 28.2. The minimum Gasteiger partial charge on any atom is -0.391 e. The average Bonchev–Trinajstić information content (AvgIpc) is 3.42. The highest BCUT2D eigenvalue weighted by Crippen LogP contribution is 2.41. The van der Waals surface area contributed by atoms with Crippen LogP contribution in [-0.4, -0.2) is 22.8 Å². The Morgan fingerprint density at radius 2 is 0.702 bits per heavy atom. The summed E-state index contributed by atoms with van der Waals surface area (Å²) >= 11 is 0. The highest BCUT2D eigenvalue weighted by atomic mass is 28.4. The molecule has 0 atom stereocenters. The molecular weight excluding hydrogens is 589 g/mol. The number of benzene rings is 4. The number of hydrogen-bond acceptors (Lipinski definition) is 2. The number of hydrogen-bond donors (Lipinski definition) is 0. The van der Waals surface area contributed by atoms with E-state index in [0.29, 0.717) is 0 Å². The lowest BCUT2D eigenvalue weighted by molar-refractivity contribution is 0.273. The number of rotatable bonds is 6. The van der Waals surface area contributed by atoms with Gasteiger partial charge in [0, 0.05) is 24.6 Å². The molecule has 0 aliphatic heterocycles. The third kappa shape index (κ3) is 4.54. The molecule has 3 heteroatoms. The molecule has 47 heavy (non-hydrogen) atoms. The van der Waals surface area contributed by atoms with Crippen LogP contribution in [-0.2, 0) is 8.85 Å². The normalized spacial score (nSPS) is 12.0. The van der Waals surface area contributed by atoms with Crippen LogP contribution in [0.1, 0.15) is 11.1 Å². The highest BCUT2D eigenvalue weighted by molar-refractivity contribution is 6.95. The Balaban J connectivity index is 1.36. The van der Waals surface area contributed by atoms with Crippen LogP contribution in [0.4, 0.5) is 0 Å². The van der Waals surface area contributed by atoms with Crippen molar-refractivity contribution in [3.8, 4) is 44.5 Å². The first-order chi connectivity index (χ1) is 23.1. The topological polar surface area (TPSA) is 18.5 Å². The summed E-state index contributed by atoms with van der Waals surface area (Å²) in [6.45, 7) is 4.42. The maximum absolute atomic E-state index is 6.76. The van der Waals surface area contributed by atoms with Gasteiger partial charge < -0.3 is 8.85 Å². The molecule has 0 fully saturated rings. The van der Waals surface area contributed by atoms with Crippen LogP contribution in [0.15, 0.2) is 146 Å². The summed E-state index contributed by atoms with van der Waals surface area (Å²) in [6.07, 6.45) is 0. The molecule has 4 aromatic rings. The second kappa shape index (κ2) is 11.6. The van der Waals surface area contributed by atoms with Gasteiger partial charge in [-0.05, 0) is 91.0 Å². The zero-order valence-electron chi connectivity index (χ0n) is 27.2. The molecule has 0 amide bonds. The lowest BCUT2D eigenvalue weighted by atomic mass is 9.95. The Bertz CT molecular complexity index is 2190. The van der Waals surface area contributed by atoms with Crippen molar-refractivity contribution < 1.29 is 8.85 Å². The zero-order chi connectivity index (χ0) is 32.1. The van der Waals surface area contributed by atoms with Crippen molar-refractivity contribution in [3.05, 3.63) is 157 Å². The van der Waals surface area contributed by atoms with Crippen LogP contribution < -0.4 is 10.4 Å². The van der Waals surface area contributed by atoms with Gasteiger partial charge in [0.05, 0.1) is 0 Å². The van der Waals surface area contributed by atoms with E-state index in [4.69, 9.17) is 8.85 Å². The maximum Gasteiger partial charge on any atom is 0.408 e. The fourth-order valence-corrected chi connectivity index (χ4v) is 11.4. The lowest BCUT2D eigenvalue weighted by Gasteiger charge is -2.30. The van der Waals surface area contributed by atoms with Crippen LogP contribution in [0.3, 0.4) is 0 Å². The molecule has 4 aliphatic carbocycles. The lowest BCUT2D eigenvalue weighted by Crippen LogP contribution is -2.63. The van der Waals surface area contributed by atoms with Crippen LogP contribution in [0, 0.1) is 13.8 Å². The van der Waals surface area contributed by atoms with Crippen LogP contribution in [0.5, 0.6) is 0 Å². The predicted octanol–water partition coefficient (Wildman–Crippen LogP) is 10.0. The van der Waals surface area contributed by atoms with E-state index >= 15 is 0 Å². The first-order valence-electron chi connectivity index (χ1n) is 16.2. The molecule has 2 nitrogen and oxygen atoms in total. The number of fused-ring (bicyclic) bond motifs is 4. The first kappa shape index (κ1) is 29.3. The molecule has 0 heterocycles. The van der Waals surface area contributed by atoms with E-state index in [-0.39, 0.29) is 0 Å². The third-order valence-electron chi connectivity index (χ3n) is 9.88. The van der Waals surface area contributed by atoms with E-state index in [1.807, 2.05) is 14.2 Å². The average molecular weight is 625 g/mol. The monoisotopic (exact) mass is 624 g/mol. The predicted molar refractivity (Wildman–Crippen MR) is 201 cm³/mol. The maximum atomic E-state index is 6.76. The van der Waals surface area contributed by atoms with Gasteiger partial charge in [0.15, 0.2) is 0 Å². The van der Waals surface area contributed by atoms with Gasteiger partial charge in [-0.2, -0.15) is 0 Å². The minimum atomic E-state index is -3.24. The summed E-state index contributed by atoms with van der Waals surface area (Å²) in [5, 5.41) is 7.30. The second-order valence-electron chi connectivity index (χ2n) is 12.4. The molecule has 4 aromatic carbocycles. The van der Waals surface area contributed by atoms with Gasteiger partial charge in [-0.1, -0.05) is 146 Å². The molecule has 4 aliphatic rings. The Hall–Kier alpha value is -5.06. The van der Waals surface area contributed by atoms with Crippen LogP contribution in [0.25, 0.3) is 66.1 Å². The standard InChI is InChI=1S/C44H36O2Si/c1-29-27-41-37(35-25-13-17-31-15-5-7-19-33(31)35)21-9-11-23-39(41)43(29)47(45-3,46-4)44-30(2)28-42-38(22-10-12-24-40(42)44)36-26-14-18-32-16-6-8-20-34(32)36/h5-28H,1-4H3. The summed E-state index contributed by atoms with van der Waals surface area (Å²) in [4.78, 5) is 0. The van der Waals surface area contributed by atoms with Crippen molar-refractivity contribution in [2.75, 3.05) is 14.2 Å². The fourth-order valence-electron chi connectivity index (χ4n) is 7.89. The fraction of sp³-hybridized carbons (Fsp3) is 0.0909. The molecular formula is C44H36O2Si. The van der Waals surface area contributed by atoms with Crippen molar-refractivity contribution in [2.24, 2.45) is 0 Å². The Morgan fingerprint density at radius 3 is 1.13 bits per heavy atom. The van der Waals surface area contributed by atoms with E-state index in [2.05, 4.69) is 159 Å². The van der Waals surface area contributed by atoms with Crippen molar-refractivity contribution in [1.29, 1.82) is 0 Å². The van der Waals surface area contributed by atoms with Crippen molar-refractivity contribution in [3.63, 3.8) is 0 Å². The van der Waals surface area contributed by atoms with Gasteiger partial charge in [0.2, 0.25) is 0 Å². The Kier molecular flexibility index (Phi) is 7.26. The van der Waals surface area contributed by atoms with Crippen molar-refractivity contribution in [2.45, 2.75) is 13.8 Å². The molecule has 0 bridgehead atoms. The Morgan fingerprint density at radius 1 is 0.362 bits per heavy atom. The van der Waals surface area contributed by atoms with Crippen molar-refractivity contribution >= 4 is 40.5 Å². The number of aryl methyl sites for hydroxylation is 2. The quantitative estimate of drug-likeness (QED) is 0.171. The molecule has 0 aromatic heterocycles. The van der Waals surface area contributed by atoms with Crippen LogP contribution in [0.2, 0.25) is 0 Å². The van der Waals surface area contributed by atoms with E-state index in [1.165, 1.54) is 87.6 Å². The van der Waals surface area contributed by atoms with E-state index in [0.717, 1.165) is 0 Å². The summed E-state index contributed by atoms with van der Waals surface area (Å²) in [6, 6.07) is 52.7. The second-order valence-corrected chi connectivity index (χ2v) is 15.5. The van der Waals surface area contributed by atoms with E-state index < -0.39 is 8.56 Å². The summed E-state index contributed by atoms with van der Waals surface area (Å²) in [5.41, 5.74) is 12.0. The van der Waals surface area contributed by atoms with E-state index in [1.54, 1.807) is 0 Å². The molecule has 0 unspecified atom stereocenters. The third-order valence-corrected chi connectivity index (χ3v) is 13.7. The van der Waals surface area contributed by atoms with Gasteiger partial charge in [0.25, 0.3) is 0 Å². The Labute approximate surface area is 277 Å². The van der Waals surface area contributed by atoms with Gasteiger partial charge >= 0.3 is 8.56 Å². The summed E-state index contributed by atoms with van der Waals surface area (Å²) in [7, 11) is 0.421. The molecule has 8 rings (SSSR count). The molecule has 228 valence electrons. The van der Waals surface area contributed by atoms with Crippen molar-refractivity contribution in [1.82, 2.24) is 0 Å². The largest absolute Gasteiger partial charge is 0.408 e.